The minimum absolute atomic E-state index is 0.111. The standard InChI is InChI=1S/C13H16BrN3O/c1-15-13(11-6-7-16-17(11)2)9-4-5-12(18-3)10(14)8-9/h4-8,13,15H,1-3H3. The van der Waals surface area contributed by atoms with Crippen molar-refractivity contribution < 1.29 is 4.74 Å². The first-order valence-corrected chi connectivity index (χ1v) is 6.45. The first kappa shape index (κ1) is 13.1. The maximum atomic E-state index is 5.24. The highest BCUT2D eigenvalue weighted by Gasteiger charge is 2.16. The highest BCUT2D eigenvalue weighted by molar-refractivity contribution is 9.10. The third kappa shape index (κ3) is 2.42. The van der Waals surface area contributed by atoms with Crippen LogP contribution in [0.15, 0.2) is 34.9 Å². The van der Waals surface area contributed by atoms with Crippen LogP contribution < -0.4 is 10.1 Å². The van der Waals surface area contributed by atoms with E-state index in [-0.39, 0.29) is 6.04 Å². The van der Waals surface area contributed by atoms with Crippen molar-refractivity contribution in [3.8, 4) is 5.75 Å². The van der Waals surface area contributed by atoms with Gasteiger partial charge in [0.2, 0.25) is 0 Å². The lowest BCUT2D eigenvalue weighted by atomic mass is 10.0. The maximum absolute atomic E-state index is 5.24. The Morgan fingerprint density at radius 1 is 1.39 bits per heavy atom. The first-order chi connectivity index (χ1) is 8.67. The summed E-state index contributed by atoms with van der Waals surface area (Å²) in [6.45, 7) is 0. The summed E-state index contributed by atoms with van der Waals surface area (Å²) in [6.07, 6.45) is 1.80. The summed E-state index contributed by atoms with van der Waals surface area (Å²) in [4.78, 5) is 0. The number of aryl methyl sites for hydroxylation is 1. The van der Waals surface area contributed by atoms with E-state index in [2.05, 4.69) is 38.5 Å². The molecular formula is C13H16BrN3O. The molecule has 1 aromatic carbocycles. The summed E-state index contributed by atoms with van der Waals surface area (Å²) in [5.74, 6) is 0.832. The lowest BCUT2D eigenvalue weighted by Gasteiger charge is -2.18. The summed E-state index contributed by atoms with van der Waals surface area (Å²) < 4.78 is 8.07. The van der Waals surface area contributed by atoms with Gasteiger partial charge in [0.25, 0.3) is 0 Å². The van der Waals surface area contributed by atoms with Gasteiger partial charge in [0.15, 0.2) is 0 Å². The topological polar surface area (TPSA) is 39.1 Å². The number of methoxy groups -OCH3 is 1. The molecule has 0 saturated carbocycles. The molecule has 0 aliphatic heterocycles. The molecule has 0 amide bonds. The summed E-state index contributed by atoms with van der Waals surface area (Å²) in [6, 6.07) is 8.20. The predicted molar refractivity (Wildman–Crippen MR) is 74.8 cm³/mol. The molecule has 1 aromatic heterocycles. The second kappa shape index (κ2) is 5.54. The van der Waals surface area contributed by atoms with E-state index in [1.807, 2.05) is 30.9 Å². The Balaban J connectivity index is 2.40. The Bertz CT molecular complexity index is 539. The molecule has 0 radical (unpaired) electrons. The van der Waals surface area contributed by atoms with Crippen molar-refractivity contribution in [2.75, 3.05) is 14.2 Å². The van der Waals surface area contributed by atoms with Crippen LogP contribution in [0.1, 0.15) is 17.3 Å². The molecule has 96 valence electrons. The monoisotopic (exact) mass is 309 g/mol. The van der Waals surface area contributed by atoms with E-state index < -0.39 is 0 Å². The summed E-state index contributed by atoms with van der Waals surface area (Å²) in [5, 5.41) is 7.51. The number of nitrogens with zero attached hydrogens (tertiary/aromatic N) is 2. The molecule has 1 unspecified atom stereocenters. The second-order valence-electron chi connectivity index (χ2n) is 4.00. The fourth-order valence-corrected chi connectivity index (χ4v) is 2.57. The molecule has 2 rings (SSSR count). The number of aromatic nitrogens is 2. The van der Waals surface area contributed by atoms with Gasteiger partial charge in [-0.15, -0.1) is 0 Å². The van der Waals surface area contributed by atoms with Gasteiger partial charge in [-0.3, -0.25) is 4.68 Å². The summed E-state index contributed by atoms with van der Waals surface area (Å²) >= 11 is 3.51. The Morgan fingerprint density at radius 2 is 2.17 bits per heavy atom. The zero-order valence-electron chi connectivity index (χ0n) is 10.6. The van der Waals surface area contributed by atoms with E-state index in [0.717, 1.165) is 21.5 Å². The minimum atomic E-state index is 0.111. The number of halogens is 1. The first-order valence-electron chi connectivity index (χ1n) is 5.66. The van der Waals surface area contributed by atoms with Gasteiger partial charge in [-0.05, 0) is 46.7 Å². The fourth-order valence-electron chi connectivity index (χ4n) is 2.01. The van der Waals surface area contributed by atoms with Crippen LogP contribution >= 0.6 is 15.9 Å². The van der Waals surface area contributed by atoms with Gasteiger partial charge < -0.3 is 10.1 Å². The van der Waals surface area contributed by atoms with E-state index >= 15 is 0 Å². The van der Waals surface area contributed by atoms with Gasteiger partial charge in [-0.2, -0.15) is 5.10 Å². The van der Waals surface area contributed by atoms with Crippen molar-refractivity contribution in [1.29, 1.82) is 0 Å². The normalized spacial score (nSPS) is 12.4. The van der Waals surface area contributed by atoms with Gasteiger partial charge in [-0.25, -0.2) is 0 Å². The van der Waals surface area contributed by atoms with Gasteiger partial charge in [0.05, 0.1) is 23.3 Å². The van der Waals surface area contributed by atoms with Crippen molar-refractivity contribution in [1.82, 2.24) is 15.1 Å². The maximum Gasteiger partial charge on any atom is 0.133 e. The predicted octanol–water partition coefficient (Wildman–Crippen LogP) is 2.50. The molecule has 1 N–H and O–H groups in total. The van der Waals surface area contributed by atoms with Crippen LogP contribution in [0.4, 0.5) is 0 Å². The van der Waals surface area contributed by atoms with Crippen LogP contribution in [0.2, 0.25) is 0 Å². The second-order valence-corrected chi connectivity index (χ2v) is 4.85. The average molecular weight is 310 g/mol. The molecule has 5 heteroatoms. The van der Waals surface area contributed by atoms with Crippen LogP contribution in [0, 0.1) is 0 Å². The molecule has 0 bridgehead atoms. The third-order valence-electron chi connectivity index (χ3n) is 2.95. The molecule has 0 fully saturated rings. The molecule has 18 heavy (non-hydrogen) atoms. The number of hydrogen-bond acceptors (Lipinski definition) is 3. The molecule has 1 atom stereocenters. The Hall–Kier alpha value is -1.33. The van der Waals surface area contributed by atoms with Crippen molar-refractivity contribution in [2.45, 2.75) is 6.04 Å². The average Bonchev–Trinajstić information content (AvgIpc) is 2.77. The molecule has 4 nitrogen and oxygen atoms in total. The molecule has 2 aromatic rings. The number of nitrogens with one attached hydrogen (secondary N) is 1. The van der Waals surface area contributed by atoms with Crippen LogP contribution in [-0.2, 0) is 7.05 Å². The van der Waals surface area contributed by atoms with Gasteiger partial charge >= 0.3 is 0 Å². The van der Waals surface area contributed by atoms with Crippen molar-refractivity contribution in [3.05, 3.63) is 46.2 Å². The van der Waals surface area contributed by atoms with Crippen LogP contribution in [0.3, 0.4) is 0 Å². The lowest BCUT2D eigenvalue weighted by molar-refractivity contribution is 0.411. The molecule has 0 aliphatic rings. The lowest BCUT2D eigenvalue weighted by Crippen LogP contribution is -2.20. The number of rotatable bonds is 4. The van der Waals surface area contributed by atoms with Gasteiger partial charge in [-0.1, -0.05) is 6.07 Å². The van der Waals surface area contributed by atoms with E-state index in [9.17, 15) is 0 Å². The number of hydrogen-bond donors (Lipinski definition) is 1. The molecule has 0 aliphatic carbocycles. The zero-order valence-corrected chi connectivity index (χ0v) is 12.2. The highest BCUT2D eigenvalue weighted by atomic mass is 79.9. The molecule has 0 spiro atoms. The largest absolute Gasteiger partial charge is 0.496 e. The zero-order chi connectivity index (χ0) is 13.1. The molecular weight excluding hydrogens is 294 g/mol. The quantitative estimate of drug-likeness (QED) is 0.943. The number of benzene rings is 1. The Kier molecular flexibility index (Phi) is 4.04. The van der Waals surface area contributed by atoms with Crippen molar-refractivity contribution in [3.63, 3.8) is 0 Å². The van der Waals surface area contributed by atoms with Crippen molar-refractivity contribution in [2.24, 2.45) is 7.05 Å². The van der Waals surface area contributed by atoms with Crippen molar-refractivity contribution >= 4 is 15.9 Å². The smallest absolute Gasteiger partial charge is 0.133 e. The third-order valence-corrected chi connectivity index (χ3v) is 3.57. The molecule has 0 saturated heterocycles. The molecule has 1 heterocycles. The van der Waals surface area contributed by atoms with Gasteiger partial charge in [0, 0.05) is 13.2 Å². The van der Waals surface area contributed by atoms with Crippen LogP contribution in [-0.4, -0.2) is 23.9 Å². The van der Waals surface area contributed by atoms with E-state index in [4.69, 9.17) is 4.74 Å². The van der Waals surface area contributed by atoms with Crippen LogP contribution in [0.25, 0.3) is 0 Å². The van der Waals surface area contributed by atoms with E-state index in [1.165, 1.54) is 0 Å². The minimum Gasteiger partial charge on any atom is -0.496 e. The fraction of sp³-hybridized carbons (Fsp3) is 0.308. The summed E-state index contributed by atoms with van der Waals surface area (Å²) in [7, 11) is 5.55. The Morgan fingerprint density at radius 3 is 2.67 bits per heavy atom. The van der Waals surface area contributed by atoms with Gasteiger partial charge in [0.1, 0.15) is 5.75 Å². The summed E-state index contributed by atoms with van der Waals surface area (Å²) in [5.41, 5.74) is 2.28. The number of ether oxygens (including phenoxy) is 1. The SMILES string of the molecule is CNC(c1ccc(OC)c(Br)c1)c1ccnn1C. The van der Waals surface area contributed by atoms with Crippen LogP contribution in [0.5, 0.6) is 5.75 Å². The van der Waals surface area contributed by atoms with E-state index in [0.29, 0.717) is 0 Å². The van der Waals surface area contributed by atoms with E-state index in [1.54, 1.807) is 13.3 Å². The Labute approximate surface area is 115 Å². The highest BCUT2D eigenvalue weighted by Crippen LogP contribution is 2.30.